The number of aromatic nitrogens is 12. The summed E-state index contributed by atoms with van der Waals surface area (Å²) < 4.78 is 146. The lowest BCUT2D eigenvalue weighted by Crippen LogP contribution is -2.35. The molecule has 112 heavy (non-hydrogen) atoms. The van der Waals surface area contributed by atoms with Crippen molar-refractivity contribution < 1.29 is 82.1 Å². The molecule has 2 N–H and O–H groups in total. The van der Waals surface area contributed by atoms with E-state index in [1.54, 1.807) is 24.3 Å². The van der Waals surface area contributed by atoms with E-state index in [1.807, 2.05) is 13.8 Å². The number of fused-ring (bicyclic) bond motifs is 2. The predicted molar refractivity (Wildman–Crippen MR) is 395 cm³/mol. The molecule has 4 saturated carbocycles. The first-order valence-corrected chi connectivity index (χ1v) is 40.1. The number of hydrogen-bond acceptors (Lipinski definition) is 22. The summed E-state index contributed by atoms with van der Waals surface area (Å²) in [7, 11) is -8.20. The SMILES string of the molecule is Cc1ccc(S(=O)(=O)n2cc(-c3ncc(F)c(C[C@H]4CCC[C@@H](O)C4)n3)c3cc(F)cnc32)cc1.Cc1ccc(S(=O)(=O)n2cc(-c3ncc(F)c(C[C@H]4CCC[C@@H](OC(=O)ON5C(=O)CCC5=O)C4)n3)c3cc(F)cnc32)cc1.O=C1CCC[C@H](Cc2nc(Cl)ncc2F)C1.O[C@@H]1CCC[C@H](Cc2nc(Cl)ncc2F)C1. The zero-order valence-electron chi connectivity index (χ0n) is 60.6. The zero-order valence-corrected chi connectivity index (χ0v) is 63.8. The molecule has 2 aromatic carbocycles. The molecule has 9 heterocycles. The quantitative estimate of drug-likeness (QED) is 0.0393. The number of pyridine rings is 2. The van der Waals surface area contributed by atoms with Crippen molar-refractivity contribution in [3.05, 3.63) is 190 Å². The maximum atomic E-state index is 15.0. The second kappa shape index (κ2) is 35.9. The van der Waals surface area contributed by atoms with Crippen LogP contribution in [-0.4, -0.2) is 132 Å². The first-order chi connectivity index (χ1) is 53.5. The number of nitrogens with zero attached hydrogens (tertiary/aromatic N) is 13. The third kappa shape index (κ3) is 20.2. The molecule has 10 aromatic rings. The minimum Gasteiger partial charge on any atom is -0.429 e. The van der Waals surface area contributed by atoms with Crippen molar-refractivity contribution in [2.24, 2.45) is 23.7 Å². The molecule has 0 spiro atoms. The smallest absolute Gasteiger partial charge is 0.429 e. The fraction of sp³-hybridized carbons (Fsp3) is 0.403. The van der Waals surface area contributed by atoms with E-state index in [0.717, 1.165) is 120 Å². The van der Waals surface area contributed by atoms with Gasteiger partial charge in [-0.2, -0.15) is 0 Å². The molecule has 2 amide bonds. The Hall–Kier alpha value is -9.80. The Balaban J connectivity index is 0.000000152. The Kier molecular flexibility index (Phi) is 26.2. The van der Waals surface area contributed by atoms with Crippen molar-refractivity contribution in [3.8, 4) is 22.8 Å². The second-order valence-corrected chi connectivity index (χ2v) is 32.9. The highest BCUT2D eigenvalue weighted by atomic mass is 35.5. The van der Waals surface area contributed by atoms with Crippen LogP contribution in [0, 0.1) is 72.4 Å². The first kappa shape index (κ1) is 81.7. The van der Waals surface area contributed by atoms with Gasteiger partial charge in [0.1, 0.15) is 23.5 Å². The van der Waals surface area contributed by atoms with E-state index in [9.17, 15) is 68.2 Å². The molecular weight excluding hydrogens is 1550 g/mol. The number of aliphatic hydroxyl groups is 2. The number of hydroxylamine groups is 2. The Bertz CT molecular complexity index is 5370. The van der Waals surface area contributed by atoms with E-state index in [-0.39, 0.29) is 125 Å². The van der Waals surface area contributed by atoms with Crippen molar-refractivity contribution in [2.75, 3.05) is 0 Å². The van der Waals surface area contributed by atoms with Crippen LogP contribution in [0.25, 0.3) is 44.8 Å². The highest BCUT2D eigenvalue weighted by molar-refractivity contribution is 7.90. The Morgan fingerprint density at radius 1 is 0.491 bits per heavy atom. The third-order valence-electron chi connectivity index (χ3n) is 20.2. The molecule has 1 saturated heterocycles. The number of ether oxygens (including phenoxy) is 1. The maximum absolute atomic E-state index is 15.0. The van der Waals surface area contributed by atoms with Gasteiger partial charge in [-0.1, -0.05) is 53.3 Å². The average molecular weight is 1630 g/mol. The monoisotopic (exact) mass is 1620 g/mol. The standard InChI is InChI=1S/C30H27F2N5O7S.C25H24F2N4O3S.C11H14ClFN2O.C11H12ClFN2O/c1-17-5-7-21(8-6-17)45(41,42)36-16-23(22-13-19(31)14-34-29(22)36)28-33-15-24(32)25(35-28)12-18-3-2-4-20(11-18)43-30(40)44-37-26(38)9-10-27(37)39;1-15-5-7-19(8-6-15)35(33,34)31-14-21(20-11-17(26)12-29-25(20)31)24-28-13-22(27)23(30-24)10-16-3-2-4-18(32)9-16;2*12-11-14-6-9(13)10(15-11)5-7-2-1-3-8(16)4-7/h5-8,13-16,18,20H,2-4,9-12H2,1H3;5-8,11-14,16,18,32H,2-4,9-10H2,1H3;6-8,16H,1-5H2;6-7H,1-5H2/t18-,20+;16-,18+;7-,8+;7-/m0000/s1. The number of aryl methyl sites for hydroxylation is 2. The highest BCUT2D eigenvalue weighted by Crippen LogP contribution is 2.37. The summed E-state index contributed by atoms with van der Waals surface area (Å²) >= 11 is 11.2. The number of carbonyl (C=O) groups is 4. The van der Waals surface area contributed by atoms with Crippen molar-refractivity contribution in [1.29, 1.82) is 0 Å². The number of aliphatic hydroxyl groups excluding tert-OH is 2. The Morgan fingerprint density at radius 3 is 1.31 bits per heavy atom. The molecule has 5 aliphatic rings. The number of benzene rings is 2. The van der Waals surface area contributed by atoms with Crippen LogP contribution < -0.4 is 0 Å². The van der Waals surface area contributed by atoms with Gasteiger partial charge in [-0.25, -0.2) is 106 Å². The Labute approximate surface area is 649 Å². The maximum Gasteiger partial charge on any atom is 0.534 e. The summed E-state index contributed by atoms with van der Waals surface area (Å²) in [6.07, 6.45) is 19.4. The largest absolute Gasteiger partial charge is 0.534 e. The van der Waals surface area contributed by atoms with Crippen LogP contribution in [0.3, 0.4) is 0 Å². The van der Waals surface area contributed by atoms with Gasteiger partial charge in [-0.3, -0.25) is 19.2 Å². The average Bonchev–Trinajstić information content (AvgIpc) is 1.60. The number of amides is 2. The third-order valence-corrected chi connectivity index (χ3v) is 23.9. The van der Waals surface area contributed by atoms with Gasteiger partial charge in [-0.05, 0) is 200 Å². The lowest BCUT2D eigenvalue weighted by molar-refractivity contribution is -0.179. The molecule has 5 fully saturated rings. The van der Waals surface area contributed by atoms with Gasteiger partial charge < -0.3 is 14.9 Å². The van der Waals surface area contributed by atoms with Crippen molar-refractivity contribution >= 4 is 89.1 Å². The van der Waals surface area contributed by atoms with Crippen molar-refractivity contribution in [2.45, 2.75) is 183 Å². The lowest BCUT2D eigenvalue weighted by Gasteiger charge is -2.28. The molecule has 590 valence electrons. The minimum atomic E-state index is -4.14. The van der Waals surface area contributed by atoms with Gasteiger partial charge >= 0.3 is 6.16 Å². The molecule has 25 nitrogen and oxygen atoms in total. The minimum absolute atomic E-state index is 0.0000275. The molecule has 0 unspecified atom stereocenters. The molecule has 15 rings (SSSR count). The lowest BCUT2D eigenvalue weighted by atomic mass is 9.84. The van der Waals surface area contributed by atoms with E-state index in [2.05, 4.69) is 49.8 Å². The summed E-state index contributed by atoms with van der Waals surface area (Å²) in [6.45, 7) is 3.67. The molecule has 0 bridgehead atoms. The number of rotatable bonds is 16. The van der Waals surface area contributed by atoms with Crippen molar-refractivity contribution in [3.63, 3.8) is 0 Å². The van der Waals surface area contributed by atoms with Crippen molar-refractivity contribution in [1.82, 2.24) is 62.8 Å². The fourth-order valence-electron chi connectivity index (χ4n) is 14.6. The first-order valence-electron chi connectivity index (χ1n) is 36.5. The molecule has 0 radical (unpaired) electrons. The number of ketones is 1. The second-order valence-electron chi connectivity index (χ2n) is 28.6. The van der Waals surface area contributed by atoms with E-state index in [4.69, 9.17) is 32.8 Å². The summed E-state index contributed by atoms with van der Waals surface area (Å²) in [4.78, 5) is 91.7. The van der Waals surface area contributed by atoms with Gasteiger partial charge in [0.05, 0.1) is 82.0 Å². The van der Waals surface area contributed by atoms with E-state index >= 15 is 4.39 Å². The summed E-state index contributed by atoms with van der Waals surface area (Å²) in [5.41, 5.74) is 3.03. The molecule has 8 aromatic heterocycles. The normalized spacial score (nSPS) is 20.1. The molecule has 35 heteroatoms. The highest BCUT2D eigenvalue weighted by Gasteiger charge is 2.36. The van der Waals surface area contributed by atoms with Crippen LogP contribution >= 0.6 is 23.2 Å². The fourth-order valence-corrected chi connectivity index (χ4v) is 17.5. The van der Waals surface area contributed by atoms with E-state index < -0.39 is 85.1 Å². The van der Waals surface area contributed by atoms with Crippen LogP contribution in [0.5, 0.6) is 0 Å². The van der Waals surface area contributed by atoms with E-state index in [0.29, 0.717) is 86.6 Å². The van der Waals surface area contributed by atoms with Crippen LogP contribution in [0.1, 0.15) is 149 Å². The summed E-state index contributed by atoms with van der Waals surface area (Å²) in [5, 5.41) is 20.4. The number of Topliss-reactive ketones (excluding diaryl/α,β-unsaturated/α-hetero) is 1. The summed E-state index contributed by atoms with van der Waals surface area (Å²) in [5.74, 6) is -3.99. The van der Waals surface area contributed by atoms with Gasteiger partial charge in [0, 0.05) is 60.0 Å². The molecule has 1 aliphatic heterocycles. The Morgan fingerprint density at radius 2 is 0.884 bits per heavy atom. The predicted octanol–water partition coefficient (Wildman–Crippen LogP) is 14.0. The van der Waals surface area contributed by atoms with Crippen LogP contribution in [0.15, 0.2) is 120 Å². The van der Waals surface area contributed by atoms with Crippen LogP contribution in [0.4, 0.5) is 31.1 Å². The number of halogens is 8. The molecular formula is C77H77Cl2F6N13O12S2. The topological polar surface area (TPSA) is 337 Å². The summed E-state index contributed by atoms with van der Waals surface area (Å²) in [6, 6.07) is 14.9. The van der Waals surface area contributed by atoms with Crippen LogP contribution in [-0.2, 0) is 69.7 Å². The number of imide groups is 1. The number of hydrogen-bond donors (Lipinski definition) is 2. The zero-order chi connectivity index (χ0) is 79.7. The van der Waals surface area contributed by atoms with Crippen LogP contribution in [0.2, 0.25) is 10.6 Å². The van der Waals surface area contributed by atoms with Gasteiger partial charge in [-0.15, -0.1) is 0 Å². The molecule has 4 aliphatic carbocycles. The van der Waals surface area contributed by atoms with Gasteiger partial charge in [0.2, 0.25) is 10.6 Å². The van der Waals surface area contributed by atoms with Gasteiger partial charge in [0.15, 0.2) is 46.2 Å². The molecule has 7 atom stereocenters. The van der Waals surface area contributed by atoms with Gasteiger partial charge in [0.25, 0.3) is 31.9 Å². The van der Waals surface area contributed by atoms with E-state index in [1.165, 1.54) is 42.7 Å². The number of carbonyl (C=O) groups excluding carboxylic acids is 4.